The van der Waals surface area contributed by atoms with Crippen LogP contribution < -0.4 is 10.1 Å². The van der Waals surface area contributed by atoms with Crippen LogP contribution >= 0.6 is 0 Å². The Labute approximate surface area is 114 Å². The summed E-state index contributed by atoms with van der Waals surface area (Å²) in [5.41, 5.74) is 4.27. The number of fused-ring (bicyclic) bond motifs is 1. The van der Waals surface area contributed by atoms with Crippen LogP contribution in [0.2, 0.25) is 0 Å². The number of ether oxygens (including phenoxy) is 1. The number of nitrogens with one attached hydrogen (secondary N) is 1. The predicted octanol–water partition coefficient (Wildman–Crippen LogP) is 3.12. The molecule has 19 heavy (non-hydrogen) atoms. The molecule has 3 rings (SSSR count). The van der Waals surface area contributed by atoms with Crippen molar-refractivity contribution >= 4 is 0 Å². The van der Waals surface area contributed by atoms with Gasteiger partial charge in [-0.25, -0.2) is 0 Å². The molecule has 0 fully saturated rings. The summed E-state index contributed by atoms with van der Waals surface area (Å²) in [5, 5.41) is 3.55. The van der Waals surface area contributed by atoms with E-state index in [4.69, 9.17) is 4.74 Å². The van der Waals surface area contributed by atoms with E-state index >= 15 is 0 Å². The summed E-state index contributed by atoms with van der Waals surface area (Å²) in [7, 11) is 1.71. The number of benzene rings is 2. The van der Waals surface area contributed by atoms with Gasteiger partial charge in [0.2, 0.25) is 0 Å². The summed E-state index contributed by atoms with van der Waals surface area (Å²) in [6.45, 7) is 2.00. The normalized spacial score (nSPS) is 18.5. The first-order chi connectivity index (χ1) is 9.36. The van der Waals surface area contributed by atoms with Gasteiger partial charge in [-0.2, -0.15) is 0 Å². The highest BCUT2D eigenvalue weighted by Crippen LogP contribution is 2.26. The molecule has 1 heterocycles. The van der Waals surface area contributed by atoms with Gasteiger partial charge in [-0.3, -0.25) is 0 Å². The summed E-state index contributed by atoms with van der Waals surface area (Å²) < 4.78 is 5.22. The van der Waals surface area contributed by atoms with Crippen molar-refractivity contribution in [2.75, 3.05) is 13.7 Å². The Balaban J connectivity index is 1.85. The van der Waals surface area contributed by atoms with Gasteiger partial charge in [-0.05, 0) is 35.2 Å². The van der Waals surface area contributed by atoms with Crippen molar-refractivity contribution in [1.29, 1.82) is 0 Å². The maximum atomic E-state index is 5.22. The van der Waals surface area contributed by atoms with Crippen molar-refractivity contribution in [3.8, 4) is 5.75 Å². The molecule has 1 N–H and O–H groups in total. The van der Waals surface area contributed by atoms with E-state index in [2.05, 4.69) is 41.7 Å². The second-order valence-corrected chi connectivity index (χ2v) is 5.07. The quantitative estimate of drug-likeness (QED) is 0.888. The number of methoxy groups -OCH3 is 1. The Hall–Kier alpha value is -1.80. The van der Waals surface area contributed by atoms with Gasteiger partial charge >= 0.3 is 0 Å². The first-order valence-corrected chi connectivity index (χ1v) is 6.78. The molecule has 0 spiro atoms. The third-order valence-electron chi connectivity index (χ3n) is 3.88. The molecular formula is C17H19NO. The second kappa shape index (κ2) is 5.45. The molecule has 2 nitrogen and oxygen atoms in total. The van der Waals surface area contributed by atoms with Crippen LogP contribution in [0.25, 0.3) is 0 Å². The van der Waals surface area contributed by atoms with Crippen LogP contribution in [0.3, 0.4) is 0 Å². The van der Waals surface area contributed by atoms with Crippen molar-refractivity contribution in [1.82, 2.24) is 5.32 Å². The lowest BCUT2D eigenvalue weighted by Crippen LogP contribution is -2.19. The minimum Gasteiger partial charge on any atom is -0.497 e. The average molecular weight is 253 g/mol. The molecule has 1 unspecified atom stereocenters. The maximum Gasteiger partial charge on any atom is 0.118 e. The third-order valence-corrected chi connectivity index (χ3v) is 3.88. The van der Waals surface area contributed by atoms with Crippen molar-refractivity contribution in [2.24, 2.45) is 0 Å². The maximum absolute atomic E-state index is 5.22. The van der Waals surface area contributed by atoms with Crippen LogP contribution in [0.4, 0.5) is 0 Å². The van der Waals surface area contributed by atoms with Crippen LogP contribution in [0, 0.1) is 0 Å². The van der Waals surface area contributed by atoms with E-state index in [0.717, 1.165) is 25.3 Å². The molecule has 0 amide bonds. The minimum absolute atomic E-state index is 0.537. The highest BCUT2D eigenvalue weighted by Gasteiger charge is 2.17. The van der Waals surface area contributed by atoms with E-state index < -0.39 is 0 Å². The zero-order valence-electron chi connectivity index (χ0n) is 11.2. The molecule has 0 radical (unpaired) electrons. The van der Waals surface area contributed by atoms with Gasteiger partial charge in [0.05, 0.1) is 7.11 Å². The van der Waals surface area contributed by atoms with E-state index in [-0.39, 0.29) is 0 Å². The molecular weight excluding hydrogens is 234 g/mol. The fourth-order valence-corrected chi connectivity index (χ4v) is 2.76. The fourth-order valence-electron chi connectivity index (χ4n) is 2.76. The molecule has 1 aliphatic heterocycles. The van der Waals surface area contributed by atoms with Crippen LogP contribution in [-0.2, 0) is 13.0 Å². The summed E-state index contributed by atoms with van der Waals surface area (Å²) in [6.07, 6.45) is 1.11. The lowest BCUT2D eigenvalue weighted by molar-refractivity contribution is 0.414. The summed E-state index contributed by atoms with van der Waals surface area (Å²) in [4.78, 5) is 0. The molecule has 98 valence electrons. The lowest BCUT2D eigenvalue weighted by Gasteiger charge is -2.15. The number of rotatable bonds is 2. The SMILES string of the molecule is COc1ccc(C2CNCc3ccccc3C2)cc1. The Morgan fingerprint density at radius 1 is 1.00 bits per heavy atom. The van der Waals surface area contributed by atoms with Crippen LogP contribution in [0.1, 0.15) is 22.6 Å². The molecule has 2 aromatic rings. The Bertz CT molecular complexity index is 547. The van der Waals surface area contributed by atoms with Crippen molar-refractivity contribution in [2.45, 2.75) is 18.9 Å². The third kappa shape index (κ3) is 2.64. The van der Waals surface area contributed by atoms with E-state index in [1.54, 1.807) is 7.11 Å². The van der Waals surface area contributed by atoms with Crippen molar-refractivity contribution < 1.29 is 4.74 Å². The van der Waals surface area contributed by atoms with Gasteiger partial charge in [0.15, 0.2) is 0 Å². The molecule has 1 aliphatic rings. The largest absolute Gasteiger partial charge is 0.497 e. The standard InChI is InChI=1S/C17H19NO/c1-19-17-8-6-13(7-9-17)16-10-14-4-2-3-5-15(14)11-18-12-16/h2-9,16,18H,10-12H2,1H3. The van der Waals surface area contributed by atoms with E-state index in [9.17, 15) is 0 Å². The summed E-state index contributed by atoms with van der Waals surface area (Å²) in [5.74, 6) is 1.46. The zero-order valence-corrected chi connectivity index (χ0v) is 11.2. The van der Waals surface area contributed by atoms with Gasteiger partial charge in [0.1, 0.15) is 5.75 Å². The topological polar surface area (TPSA) is 21.3 Å². The molecule has 1 atom stereocenters. The van der Waals surface area contributed by atoms with Crippen molar-refractivity contribution in [3.63, 3.8) is 0 Å². The Kier molecular flexibility index (Phi) is 3.51. The highest BCUT2D eigenvalue weighted by molar-refractivity contribution is 5.34. The minimum atomic E-state index is 0.537. The predicted molar refractivity (Wildman–Crippen MR) is 77.6 cm³/mol. The smallest absolute Gasteiger partial charge is 0.118 e. The van der Waals surface area contributed by atoms with Gasteiger partial charge in [-0.15, -0.1) is 0 Å². The fraction of sp³-hybridized carbons (Fsp3) is 0.294. The second-order valence-electron chi connectivity index (χ2n) is 5.07. The summed E-state index contributed by atoms with van der Waals surface area (Å²) in [6, 6.07) is 17.2. The first kappa shape index (κ1) is 12.2. The molecule has 0 saturated heterocycles. The van der Waals surface area contributed by atoms with E-state index in [1.165, 1.54) is 16.7 Å². The number of hydrogen-bond donors (Lipinski definition) is 1. The van der Waals surface area contributed by atoms with Gasteiger partial charge in [0.25, 0.3) is 0 Å². The number of hydrogen-bond acceptors (Lipinski definition) is 2. The molecule has 0 saturated carbocycles. The average Bonchev–Trinajstić information content (AvgIpc) is 2.69. The van der Waals surface area contributed by atoms with E-state index in [0.29, 0.717) is 5.92 Å². The van der Waals surface area contributed by atoms with Gasteiger partial charge < -0.3 is 10.1 Å². The monoisotopic (exact) mass is 253 g/mol. The van der Waals surface area contributed by atoms with Crippen LogP contribution in [-0.4, -0.2) is 13.7 Å². The van der Waals surface area contributed by atoms with Crippen molar-refractivity contribution in [3.05, 3.63) is 65.2 Å². The van der Waals surface area contributed by atoms with E-state index in [1.807, 2.05) is 12.1 Å². The van der Waals surface area contributed by atoms with Crippen LogP contribution in [0.15, 0.2) is 48.5 Å². The zero-order chi connectivity index (χ0) is 13.1. The van der Waals surface area contributed by atoms with Crippen LogP contribution in [0.5, 0.6) is 5.75 Å². The molecule has 2 aromatic carbocycles. The van der Waals surface area contributed by atoms with Gasteiger partial charge in [-0.1, -0.05) is 36.4 Å². The Morgan fingerprint density at radius 2 is 1.74 bits per heavy atom. The lowest BCUT2D eigenvalue weighted by atomic mass is 9.91. The molecule has 0 aromatic heterocycles. The molecule has 2 heteroatoms. The summed E-state index contributed by atoms with van der Waals surface area (Å²) >= 11 is 0. The van der Waals surface area contributed by atoms with Gasteiger partial charge in [0, 0.05) is 19.0 Å². The molecule has 0 aliphatic carbocycles. The highest BCUT2D eigenvalue weighted by atomic mass is 16.5. The first-order valence-electron chi connectivity index (χ1n) is 6.78. The molecule has 0 bridgehead atoms. The Morgan fingerprint density at radius 3 is 2.47 bits per heavy atom.